The number of hydrogen-bond acceptors (Lipinski definition) is 8. The Labute approximate surface area is 127 Å². The quantitative estimate of drug-likeness (QED) is 0.925. The van der Waals surface area contributed by atoms with Crippen LogP contribution in [0, 0.1) is 6.92 Å². The van der Waals surface area contributed by atoms with E-state index in [2.05, 4.69) is 33.9 Å². The number of hydrogen-bond donors (Lipinski definition) is 1. The van der Waals surface area contributed by atoms with Gasteiger partial charge in [0.15, 0.2) is 5.13 Å². The highest BCUT2D eigenvalue weighted by Gasteiger charge is 2.28. The van der Waals surface area contributed by atoms with Crippen LogP contribution in [0.4, 0.5) is 5.13 Å². The molecule has 114 valence electrons. The number of nitrogens with two attached hydrogens (primary N) is 1. The summed E-state index contributed by atoms with van der Waals surface area (Å²) in [6.07, 6.45) is -0.149. The van der Waals surface area contributed by atoms with Crippen molar-refractivity contribution in [2.75, 3.05) is 25.4 Å². The van der Waals surface area contributed by atoms with Crippen molar-refractivity contribution in [1.29, 1.82) is 0 Å². The lowest BCUT2D eigenvalue weighted by molar-refractivity contribution is -0.0450. The van der Waals surface area contributed by atoms with Gasteiger partial charge in [0.2, 0.25) is 5.82 Å². The molecular weight excluding hydrogens is 290 g/mol. The van der Waals surface area contributed by atoms with Crippen LogP contribution in [0.25, 0.3) is 10.8 Å². The Hall–Kier alpha value is -1.51. The van der Waals surface area contributed by atoms with Gasteiger partial charge < -0.3 is 15.0 Å². The summed E-state index contributed by atoms with van der Waals surface area (Å²) in [6.45, 7) is 8.62. The summed E-state index contributed by atoms with van der Waals surface area (Å²) in [7, 11) is 0. The monoisotopic (exact) mass is 309 g/mol. The van der Waals surface area contributed by atoms with Gasteiger partial charge in [-0.3, -0.25) is 4.90 Å². The summed E-state index contributed by atoms with van der Waals surface area (Å²) < 4.78 is 11.1. The van der Waals surface area contributed by atoms with Gasteiger partial charge in [0, 0.05) is 19.1 Å². The Morgan fingerprint density at radius 2 is 2.19 bits per heavy atom. The molecule has 0 spiro atoms. The first kappa shape index (κ1) is 14.4. The first-order chi connectivity index (χ1) is 10.0. The number of aryl methyl sites for hydroxylation is 1. The standard InChI is InChI=1S/C13H19N5O2S/c1-7(2)18-4-5-19-9(6-18)11-16-12(20-17-11)10-8(3)15-13(14)21-10/h7,9H,4-6H2,1-3H3,(H2,14,15). The fourth-order valence-electron chi connectivity index (χ4n) is 2.37. The van der Waals surface area contributed by atoms with Crippen LogP contribution in [-0.2, 0) is 4.74 Å². The third kappa shape index (κ3) is 2.92. The van der Waals surface area contributed by atoms with Gasteiger partial charge in [-0.2, -0.15) is 4.98 Å². The molecule has 1 aliphatic rings. The van der Waals surface area contributed by atoms with E-state index in [0.717, 1.165) is 23.7 Å². The highest BCUT2D eigenvalue weighted by Crippen LogP contribution is 2.31. The highest BCUT2D eigenvalue weighted by molar-refractivity contribution is 7.18. The number of aromatic nitrogens is 3. The van der Waals surface area contributed by atoms with Gasteiger partial charge in [-0.05, 0) is 20.8 Å². The minimum absolute atomic E-state index is 0.149. The number of nitrogen functional groups attached to an aromatic ring is 1. The van der Waals surface area contributed by atoms with E-state index < -0.39 is 0 Å². The maximum Gasteiger partial charge on any atom is 0.270 e. The van der Waals surface area contributed by atoms with Crippen LogP contribution in [0.15, 0.2) is 4.52 Å². The van der Waals surface area contributed by atoms with Crippen LogP contribution >= 0.6 is 11.3 Å². The maximum absolute atomic E-state index is 5.77. The molecule has 2 aromatic heterocycles. The van der Waals surface area contributed by atoms with Crippen molar-refractivity contribution in [2.24, 2.45) is 0 Å². The van der Waals surface area contributed by atoms with Gasteiger partial charge in [-0.15, -0.1) is 0 Å². The van der Waals surface area contributed by atoms with Crippen LogP contribution in [0.1, 0.15) is 31.5 Å². The Morgan fingerprint density at radius 1 is 1.38 bits per heavy atom. The summed E-state index contributed by atoms with van der Waals surface area (Å²) in [5.41, 5.74) is 6.51. The molecule has 0 radical (unpaired) electrons. The van der Waals surface area contributed by atoms with Crippen LogP contribution in [-0.4, -0.2) is 45.8 Å². The molecule has 0 amide bonds. The van der Waals surface area contributed by atoms with Crippen molar-refractivity contribution in [2.45, 2.75) is 32.9 Å². The van der Waals surface area contributed by atoms with E-state index in [0.29, 0.717) is 29.5 Å². The zero-order chi connectivity index (χ0) is 15.0. The molecule has 1 aliphatic heterocycles. The summed E-state index contributed by atoms with van der Waals surface area (Å²) in [6, 6.07) is 0.478. The van der Waals surface area contributed by atoms with E-state index in [-0.39, 0.29) is 6.10 Å². The first-order valence-corrected chi connectivity index (χ1v) is 7.78. The van der Waals surface area contributed by atoms with E-state index in [1.54, 1.807) is 0 Å². The van der Waals surface area contributed by atoms with Crippen LogP contribution in [0.5, 0.6) is 0 Å². The summed E-state index contributed by atoms with van der Waals surface area (Å²) in [5, 5.41) is 4.56. The normalized spacial score (nSPS) is 20.3. The van der Waals surface area contributed by atoms with E-state index in [1.807, 2.05) is 6.92 Å². The second kappa shape index (κ2) is 5.70. The molecule has 0 saturated carbocycles. The predicted molar refractivity (Wildman–Crippen MR) is 80.0 cm³/mol. The van der Waals surface area contributed by atoms with Crippen molar-refractivity contribution in [3.63, 3.8) is 0 Å². The third-order valence-corrected chi connectivity index (χ3v) is 4.54. The van der Waals surface area contributed by atoms with Gasteiger partial charge in [-0.1, -0.05) is 16.5 Å². The van der Waals surface area contributed by atoms with Gasteiger partial charge in [0.05, 0.1) is 12.3 Å². The highest BCUT2D eigenvalue weighted by atomic mass is 32.1. The smallest absolute Gasteiger partial charge is 0.270 e. The minimum Gasteiger partial charge on any atom is -0.375 e. The maximum atomic E-state index is 5.77. The fraction of sp³-hybridized carbons (Fsp3) is 0.615. The molecule has 1 atom stereocenters. The Morgan fingerprint density at radius 3 is 2.86 bits per heavy atom. The average molecular weight is 309 g/mol. The molecule has 8 heteroatoms. The van der Waals surface area contributed by atoms with Gasteiger partial charge in [-0.25, -0.2) is 4.98 Å². The number of nitrogens with zero attached hydrogens (tertiary/aromatic N) is 4. The van der Waals surface area contributed by atoms with Crippen molar-refractivity contribution < 1.29 is 9.26 Å². The molecule has 21 heavy (non-hydrogen) atoms. The molecule has 3 rings (SSSR count). The van der Waals surface area contributed by atoms with Crippen LogP contribution < -0.4 is 5.73 Å². The predicted octanol–water partition coefficient (Wildman–Crippen LogP) is 1.87. The third-order valence-electron chi connectivity index (χ3n) is 3.57. The zero-order valence-electron chi connectivity index (χ0n) is 12.4. The minimum atomic E-state index is -0.149. The molecule has 2 aromatic rings. The lowest BCUT2D eigenvalue weighted by Gasteiger charge is -2.34. The lowest BCUT2D eigenvalue weighted by atomic mass is 10.2. The summed E-state index contributed by atoms with van der Waals surface area (Å²) in [5.74, 6) is 1.05. The fourth-order valence-corrected chi connectivity index (χ4v) is 3.12. The zero-order valence-corrected chi connectivity index (χ0v) is 13.2. The largest absolute Gasteiger partial charge is 0.375 e. The second-order valence-electron chi connectivity index (χ2n) is 5.37. The number of rotatable bonds is 3. The molecule has 1 unspecified atom stereocenters. The molecule has 0 aromatic carbocycles. The number of morpholine rings is 1. The number of ether oxygens (including phenoxy) is 1. The lowest BCUT2D eigenvalue weighted by Crippen LogP contribution is -2.42. The van der Waals surface area contributed by atoms with Crippen LogP contribution in [0.2, 0.25) is 0 Å². The van der Waals surface area contributed by atoms with Crippen LogP contribution in [0.3, 0.4) is 0 Å². The molecule has 7 nitrogen and oxygen atoms in total. The van der Waals surface area contributed by atoms with E-state index in [1.165, 1.54) is 11.3 Å². The molecule has 0 aliphatic carbocycles. The van der Waals surface area contributed by atoms with E-state index in [9.17, 15) is 0 Å². The summed E-state index contributed by atoms with van der Waals surface area (Å²) >= 11 is 1.35. The van der Waals surface area contributed by atoms with E-state index in [4.69, 9.17) is 15.0 Å². The summed E-state index contributed by atoms with van der Waals surface area (Å²) in [4.78, 5) is 11.8. The number of thiazole rings is 1. The Balaban J connectivity index is 1.80. The molecular formula is C13H19N5O2S. The molecule has 1 fully saturated rings. The van der Waals surface area contributed by atoms with E-state index >= 15 is 0 Å². The second-order valence-corrected chi connectivity index (χ2v) is 6.40. The Bertz CT molecular complexity index is 624. The van der Waals surface area contributed by atoms with Crippen molar-refractivity contribution >= 4 is 16.5 Å². The van der Waals surface area contributed by atoms with Crippen molar-refractivity contribution in [1.82, 2.24) is 20.0 Å². The molecule has 0 bridgehead atoms. The topological polar surface area (TPSA) is 90.3 Å². The first-order valence-electron chi connectivity index (χ1n) is 6.97. The van der Waals surface area contributed by atoms with Gasteiger partial charge in [0.25, 0.3) is 5.89 Å². The molecule has 3 heterocycles. The van der Waals surface area contributed by atoms with Gasteiger partial charge in [0.1, 0.15) is 11.0 Å². The van der Waals surface area contributed by atoms with Crippen molar-refractivity contribution in [3.05, 3.63) is 11.5 Å². The Kier molecular flexibility index (Phi) is 3.92. The van der Waals surface area contributed by atoms with Crippen molar-refractivity contribution in [3.8, 4) is 10.8 Å². The molecule has 1 saturated heterocycles. The number of anilines is 1. The average Bonchev–Trinajstić information content (AvgIpc) is 3.05. The molecule has 2 N–H and O–H groups in total. The SMILES string of the molecule is Cc1nc(N)sc1-c1nc(C2CN(C(C)C)CCO2)no1. The van der Waals surface area contributed by atoms with Gasteiger partial charge >= 0.3 is 0 Å².